The van der Waals surface area contributed by atoms with Crippen LogP contribution in [0.4, 0.5) is 0 Å². The summed E-state index contributed by atoms with van der Waals surface area (Å²) in [6.45, 7) is 7.25. The minimum Gasteiger partial charge on any atom is -0.378 e. The van der Waals surface area contributed by atoms with Crippen LogP contribution < -0.4 is 0 Å². The van der Waals surface area contributed by atoms with Crippen LogP contribution in [0, 0.1) is 17.4 Å². The van der Waals surface area contributed by atoms with Crippen LogP contribution >= 0.6 is 0 Å². The highest BCUT2D eigenvalue weighted by molar-refractivity contribution is 5.84. The van der Waals surface area contributed by atoms with Crippen molar-refractivity contribution in [1.82, 2.24) is 4.90 Å². The van der Waals surface area contributed by atoms with E-state index in [4.69, 9.17) is 10.00 Å². The van der Waals surface area contributed by atoms with E-state index in [2.05, 4.69) is 9.89 Å². The minimum atomic E-state index is 0.303. The second kappa shape index (κ2) is 4.83. The van der Waals surface area contributed by atoms with Crippen LogP contribution in [0.25, 0.3) is 0 Å². The van der Waals surface area contributed by atoms with Crippen molar-refractivity contribution in [1.29, 1.82) is 5.26 Å². The second-order valence-corrected chi connectivity index (χ2v) is 3.32. The molecule has 1 heterocycles. The molecular weight excluding hydrogens is 166 g/mol. The van der Waals surface area contributed by atoms with Crippen LogP contribution in [-0.2, 0) is 4.74 Å². The lowest BCUT2D eigenvalue weighted by Gasteiger charge is -2.30. The third kappa shape index (κ3) is 2.71. The van der Waals surface area contributed by atoms with E-state index in [1.165, 1.54) is 0 Å². The number of nitriles is 1. The average Bonchev–Trinajstić information content (AvgIpc) is 2.15. The summed E-state index contributed by atoms with van der Waals surface area (Å²) in [6.07, 6.45) is 1.85. The summed E-state index contributed by atoms with van der Waals surface area (Å²) in [5.74, 6) is 1.18. The normalized spacial score (nSPS) is 18.9. The highest BCUT2D eigenvalue weighted by atomic mass is 16.5. The summed E-state index contributed by atoms with van der Waals surface area (Å²) >= 11 is 0. The van der Waals surface area contributed by atoms with Gasteiger partial charge in [-0.2, -0.15) is 10.3 Å². The van der Waals surface area contributed by atoms with E-state index < -0.39 is 0 Å². The van der Waals surface area contributed by atoms with Gasteiger partial charge in [0.15, 0.2) is 0 Å². The molecule has 1 aliphatic heterocycles. The van der Waals surface area contributed by atoms with E-state index in [0.29, 0.717) is 5.92 Å². The summed E-state index contributed by atoms with van der Waals surface area (Å²) in [5, 5.41) is 8.52. The quantitative estimate of drug-likeness (QED) is 0.342. The molecule has 0 atom stereocenters. The molecule has 4 nitrogen and oxygen atoms in total. The number of nitrogens with zero attached hydrogens (tertiary/aromatic N) is 3. The lowest BCUT2D eigenvalue weighted by molar-refractivity contribution is 0.0663. The molecule has 13 heavy (non-hydrogen) atoms. The van der Waals surface area contributed by atoms with Gasteiger partial charge in [-0.3, -0.25) is 0 Å². The maximum absolute atomic E-state index is 8.52. The molecule has 0 spiro atoms. The van der Waals surface area contributed by atoms with Gasteiger partial charge >= 0.3 is 0 Å². The lowest BCUT2D eigenvalue weighted by atomic mass is 10.1. The van der Waals surface area contributed by atoms with Gasteiger partial charge in [0.05, 0.1) is 13.2 Å². The molecule has 0 unspecified atom stereocenters. The van der Waals surface area contributed by atoms with E-state index in [9.17, 15) is 0 Å². The van der Waals surface area contributed by atoms with Crippen molar-refractivity contribution in [2.45, 2.75) is 13.8 Å². The Morgan fingerprint density at radius 1 is 1.46 bits per heavy atom. The molecule has 72 valence electrons. The van der Waals surface area contributed by atoms with Crippen LogP contribution in [0.3, 0.4) is 0 Å². The topological polar surface area (TPSA) is 48.6 Å². The highest BCUT2D eigenvalue weighted by Gasteiger charge is 2.17. The van der Waals surface area contributed by atoms with E-state index in [-0.39, 0.29) is 0 Å². The number of aliphatic imine (C=N–C) groups is 1. The van der Waals surface area contributed by atoms with Crippen molar-refractivity contribution in [2.75, 3.05) is 26.3 Å². The molecule has 0 aliphatic carbocycles. The summed E-state index contributed by atoms with van der Waals surface area (Å²) in [5.41, 5.74) is 0. The molecule has 0 N–H and O–H groups in total. The Morgan fingerprint density at radius 2 is 2.08 bits per heavy atom. The molecule has 0 aromatic carbocycles. The lowest BCUT2D eigenvalue weighted by Crippen LogP contribution is -2.42. The van der Waals surface area contributed by atoms with E-state index in [0.717, 1.165) is 32.1 Å². The van der Waals surface area contributed by atoms with Crippen molar-refractivity contribution in [3.05, 3.63) is 0 Å². The molecule has 0 bridgehead atoms. The first-order chi connectivity index (χ1) is 6.25. The Morgan fingerprint density at radius 3 is 2.54 bits per heavy atom. The number of ether oxygens (including phenoxy) is 1. The molecule has 0 saturated carbocycles. The molecule has 1 aliphatic rings. The fourth-order valence-corrected chi connectivity index (χ4v) is 1.41. The second-order valence-electron chi connectivity index (χ2n) is 3.32. The Bertz CT molecular complexity index is 224. The van der Waals surface area contributed by atoms with E-state index in [1.807, 2.05) is 20.0 Å². The number of amidine groups is 1. The van der Waals surface area contributed by atoms with Gasteiger partial charge in [-0.25, -0.2) is 0 Å². The molecule has 1 fully saturated rings. The first kappa shape index (κ1) is 10.0. The monoisotopic (exact) mass is 181 g/mol. The third-order valence-corrected chi connectivity index (χ3v) is 2.02. The minimum absolute atomic E-state index is 0.303. The largest absolute Gasteiger partial charge is 0.378 e. The van der Waals surface area contributed by atoms with Gasteiger partial charge in [-0.1, -0.05) is 13.8 Å². The first-order valence-corrected chi connectivity index (χ1v) is 4.55. The molecular formula is C9H15N3O. The van der Waals surface area contributed by atoms with Gasteiger partial charge < -0.3 is 9.64 Å². The van der Waals surface area contributed by atoms with Gasteiger partial charge in [0.1, 0.15) is 5.84 Å². The van der Waals surface area contributed by atoms with Crippen LogP contribution in [-0.4, -0.2) is 37.0 Å². The van der Waals surface area contributed by atoms with Crippen molar-refractivity contribution in [3.63, 3.8) is 0 Å². The maximum Gasteiger partial charge on any atom is 0.207 e. The van der Waals surface area contributed by atoms with E-state index in [1.54, 1.807) is 0 Å². The summed E-state index contributed by atoms with van der Waals surface area (Å²) in [6, 6.07) is 0. The van der Waals surface area contributed by atoms with Crippen molar-refractivity contribution in [2.24, 2.45) is 10.9 Å². The van der Waals surface area contributed by atoms with Gasteiger partial charge in [-0.05, 0) is 0 Å². The zero-order valence-electron chi connectivity index (χ0n) is 8.16. The van der Waals surface area contributed by atoms with Crippen LogP contribution in [0.1, 0.15) is 13.8 Å². The van der Waals surface area contributed by atoms with Crippen LogP contribution in [0.5, 0.6) is 0 Å². The molecule has 0 aromatic heterocycles. The SMILES string of the molecule is CC(C)C(=NC#N)N1CCOCC1. The molecule has 0 aromatic rings. The first-order valence-electron chi connectivity index (χ1n) is 4.55. The smallest absolute Gasteiger partial charge is 0.207 e. The van der Waals surface area contributed by atoms with Crippen LogP contribution in [0.15, 0.2) is 4.99 Å². The number of rotatable bonds is 1. The number of hydrogen-bond donors (Lipinski definition) is 0. The van der Waals surface area contributed by atoms with Gasteiger partial charge in [0, 0.05) is 19.0 Å². The summed E-state index contributed by atoms with van der Waals surface area (Å²) in [7, 11) is 0. The predicted molar refractivity (Wildman–Crippen MR) is 50.3 cm³/mol. The van der Waals surface area contributed by atoms with Gasteiger partial charge in [-0.15, -0.1) is 0 Å². The Hall–Kier alpha value is -1.08. The van der Waals surface area contributed by atoms with Crippen LogP contribution in [0.2, 0.25) is 0 Å². The average molecular weight is 181 g/mol. The highest BCUT2D eigenvalue weighted by Crippen LogP contribution is 2.06. The molecule has 4 heteroatoms. The van der Waals surface area contributed by atoms with Crippen molar-refractivity contribution >= 4 is 5.84 Å². The Kier molecular flexibility index (Phi) is 3.71. The molecule has 0 radical (unpaired) electrons. The standard InChI is InChI=1S/C9H15N3O/c1-8(2)9(11-7-10)12-3-5-13-6-4-12/h8H,3-6H2,1-2H3. The maximum atomic E-state index is 8.52. The Labute approximate surface area is 78.8 Å². The zero-order valence-corrected chi connectivity index (χ0v) is 8.16. The summed E-state index contributed by atoms with van der Waals surface area (Å²) < 4.78 is 5.23. The summed E-state index contributed by atoms with van der Waals surface area (Å²) in [4.78, 5) is 5.96. The zero-order chi connectivity index (χ0) is 9.68. The fraction of sp³-hybridized carbons (Fsp3) is 0.778. The fourth-order valence-electron chi connectivity index (χ4n) is 1.41. The number of hydrogen-bond acceptors (Lipinski definition) is 3. The molecule has 1 saturated heterocycles. The van der Waals surface area contributed by atoms with Gasteiger partial charge in [0.2, 0.25) is 6.19 Å². The predicted octanol–water partition coefficient (Wildman–Crippen LogP) is 0.854. The van der Waals surface area contributed by atoms with E-state index >= 15 is 0 Å². The van der Waals surface area contributed by atoms with Gasteiger partial charge in [0.25, 0.3) is 0 Å². The Balaban J connectivity index is 2.64. The van der Waals surface area contributed by atoms with Crippen molar-refractivity contribution in [3.8, 4) is 6.19 Å². The molecule has 0 amide bonds. The number of morpholine rings is 1. The molecule has 1 rings (SSSR count). The van der Waals surface area contributed by atoms with Crippen molar-refractivity contribution < 1.29 is 4.74 Å². The third-order valence-electron chi connectivity index (χ3n) is 2.02.